The third kappa shape index (κ3) is 4.69. The smallest absolute Gasteiger partial charge is 0.142 e. The van der Waals surface area contributed by atoms with E-state index in [9.17, 15) is 9.65 Å². The van der Waals surface area contributed by atoms with Crippen molar-refractivity contribution in [3.63, 3.8) is 0 Å². The number of rotatable bonds is 0. The molecule has 0 fully saturated rings. The number of hydrogen-bond acceptors (Lipinski definition) is 5. The zero-order valence-corrected chi connectivity index (χ0v) is 18.8. The van der Waals surface area contributed by atoms with E-state index in [0.717, 1.165) is 47.2 Å². The van der Waals surface area contributed by atoms with E-state index in [2.05, 4.69) is 33.4 Å². The summed E-state index contributed by atoms with van der Waals surface area (Å²) >= 11 is 6.12. The van der Waals surface area contributed by atoms with Crippen LogP contribution in [0.1, 0.15) is 29.5 Å². The van der Waals surface area contributed by atoms with E-state index in [0.29, 0.717) is 30.1 Å². The van der Waals surface area contributed by atoms with Gasteiger partial charge in [0.05, 0.1) is 28.4 Å². The molecule has 1 aliphatic rings. The summed E-state index contributed by atoms with van der Waals surface area (Å²) in [6.45, 7) is 3.89. The molecule has 1 N–H and O–H groups in total. The molecule has 0 unspecified atom stereocenters. The summed E-state index contributed by atoms with van der Waals surface area (Å²) in [6.07, 6.45) is 7.49. The SMILES string of the molecule is Cc1cc2ncc(C#N)c3c2cc1OCC/C=C\CCN(C)Cc1cc(F)c(Cl)cc1N3. The molecule has 0 spiro atoms. The number of nitrogens with zero attached hydrogens (tertiary/aromatic N) is 3. The van der Waals surface area contributed by atoms with E-state index in [4.69, 9.17) is 16.3 Å². The molecule has 0 radical (unpaired) electrons. The van der Waals surface area contributed by atoms with Gasteiger partial charge in [-0.05, 0) is 62.2 Å². The predicted octanol–water partition coefficient (Wildman–Crippen LogP) is 6.11. The van der Waals surface area contributed by atoms with Crippen molar-refractivity contribution in [2.45, 2.75) is 26.3 Å². The minimum absolute atomic E-state index is 0.0213. The molecule has 5 nitrogen and oxygen atoms in total. The number of ether oxygens (including phenoxy) is 1. The van der Waals surface area contributed by atoms with Crippen molar-refractivity contribution < 1.29 is 9.13 Å². The van der Waals surface area contributed by atoms with Gasteiger partial charge in [0, 0.05) is 30.4 Å². The fraction of sp³-hybridized carbons (Fsp3) is 0.280. The molecule has 3 aromatic rings. The molecule has 0 atom stereocenters. The molecule has 2 heterocycles. The number of aryl methyl sites for hydroxylation is 1. The Hall–Kier alpha value is -3.14. The van der Waals surface area contributed by atoms with E-state index in [1.165, 1.54) is 6.07 Å². The number of fused-ring (bicyclic) bond motifs is 2. The van der Waals surface area contributed by atoms with E-state index in [1.807, 2.05) is 26.1 Å². The summed E-state index contributed by atoms with van der Waals surface area (Å²) in [5.74, 6) is 0.274. The Bertz CT molecular complexity index is 1240. The van der Waals surface area contributed by atoms with Gasteiger partial charge in [-0.25, -0.2) is 4.39 Å². The monoisotopic (exact) mass is 450 g/mol. The lowest BCUT2D eigenvalue weighted by Gasteiger charge is -2.21. The summed E-state index contributed by atoms with van der Waals surface area (Å²) in [6, 6.07) is 9.09. The first-order valence-electron chi connectivity index (χ1n) is 10.5. The van der Waals surface area contributed by atoms with Gasteiger partial charge in [0.2, 0.25) is 0 Å². The number of hydrogen-bond donors (Lipinski definition) is 1. The minimum atomic E-state index is -0.471. The van der Waals surface area contributed by atoms with Crippen LogP contribution in [0.25, 0.3) is 10.9 Å². The van der Waals surface area contributed by atoms with E-state index in [1.54, 1.807) is 12.3 Å². The highest BCUT2D eigenvalue weighted by Crippen LogP contribution is 2.35. The van der Waals surface area contributed by atoms with Crippen molar-refractivity contribution in [2.24, 2.45) is 0 Å². The standard InChI is InChI=1S/C25H24ClFN4O/c1-16-9-23-19-11-24(16)32-8-6-4-3-5-7-31(2)15-17-10-21(27)20(26)12-22(17)30-25(19)18(13-28)14-29-23/h3-4,9-12,14,30H,5-8,15H2,1-2H3/b4-3-. The van der Waals surface area contributed by atoms with Gasteiger partial charge >= 0.3 is 0 Å². The van der Waals surface area contributed by atoms with Crippen LogP contribution in [0.4, 0.5) is 15.8 Å². The number of halogens is 2. The first-order valence-corrected chi connectivity index (χ1v) is 10.9. The van der Waals surface area contributed by atoms with Crippen LogP contribution in [0.15, 0.2) is 42.6 Å². The Morgan fingerprint density at radius 1 is 1.22 bits per heavy atom. The van der Waals surface area contributed by atoms with Crippen LogP contribution in [0.5, 0.6) is 5.75 Å². The maximum atomic E-state index is 14.3. The number of anilines is 2. The quantitative estimate of drug-likeness (QED) is 0.418. The Morgan fingerprint density at radius 3 is 2.84 bits per heavy atom. The molecule has 7 heteroatoms. The fourth-order valence-corrected chi connectivity index (χ4v) is 3.97. The van der Waals surface area contributed by atoms with Gasteiger partial charge in [0.15, 0.2) is 0 Å². The van der Waals surface area contributed by atoms with Crippen molar-refractivity contribution in [3.8, 4) is 11.8 Å². The van der Waals surface area contributed by atoms with Crippen LogP contribution in [-0.2, 0) is 6.54 Å². The molecule has 4 rings (SSSR count). The summed E-state index contributed by atoms with van der Waals surface area (Å²) < 4.78 is 20.4. The largest absolute Gasteiger partial charge is 0.493 e. The van der Waals surface area contributed by atoms with Crippen molar-refractivity contribution in [1.82, 2.24) is 9.88 Å². The zero-order chi connectivity index (χ0) is 22.7. The third-order valence-corrected chi connectivity index (χ3v) is 5.81. The molecule has 2 bridgehead atoms. The average Bonchev–Trinajstić information content (AvgIpc) is 2.76. The highest BCUT2D eigenvalue weighted by Gasteiger charge is 2.16. The molecular weight excluding hydrogens is 427 g/mol. The van der Waals surface area contributed by atoms with Gasteiger partial charge in [-0.15, -0.1) is 0 Å². The first-order chi connectivity index (χ1) is 15.5. The third-order valence-electron chi connectivity index (χ3n) is 5.52. The molecule has 2 aromatic carbocycles. The topological polar surface area (TPSA) is 61.2 Å². The van der Waals surface area contributed by atoms with Gasteiger partial charge in [0.1, 0.15) is 17.6 Å². The maximum Gasteiger partial charge on any atom is 0.142 e. The van der Waals surface area contributed by atoms with Crippen molar-refractivity contribution in [3.05, 3.63) is 70.1 Å². The van der Waals surface area contributed by atoms with Gasteiger partial charge < -0.3 is 15.0 Å². The Kier molecular flexibility index (Phi) is 6.59. The Morgan fingerprint density at radius 2 is 2.03 bits per heavy atom. The van der Waals surface area contributed by atoms with Gasteiger partial charge in [-0.2, -0.15) is 5.26 Å². The molecule has 0 saturated carbocycles. The lowest BCUT2D eigenvalue weighted by Crippen LogP contribution is -2.19. The van der Waals surface area contributed by atoms with E-state index >= 15 is 0 Å². The van der Waals surface area contributed by atoms with Gasteiger partial charge in [0.25, 0.3) is 0 Å². The van der Waals surface area contributed by atoms with Crippen molar-refractivity contribution in [2.75, 3.05) is 25.5 Å². The molecule has 0 amide bonds. The molecule has 0 aliphatic carbocycles. The van der Waals surface area contributed by atoms with Crippen LogP contribution in [0.3, 0.4) is 0 Å². The fourth-order valence-electron chi connectivity index (χ4n) is 3.81. The highest BCUT2D eigenvalue weighted by atomic mass is 35.5. The van der Waals surface area contributed by atoms with Gasteiger partial charge in [-0.1, -0.05) is 23.8 Å². The summed E-state index contributed by atoms with van der Waals surface area (Å²) in [5.41, 5.74) is 4.10. The maximum absolute atomic E-state index is 14.3. The van der Waals surface area contributed by atoms with Crippen molar-refractivity contribution >= 4 is 33.9 Å². The van der Waals surface area contributed by atoms with E-state index < -0.39 is 5.82 Å². The average molecular weight is 451 g/mol. The molecule has 0 saturated heterocycles. The number of benzene rings is 2. The predicted molar refractivity (Wildman–Crippen MR) is 126 cm³/mol. The van der Waals surface area contributed by atoms with Crippen LogP contribution >= 0.6 is 11.6 Å². The molecule has 1 aromatic heterocycles. The van der Waals surface area contributed by atoms with E-state index in [-0.39, 0.29) is 5.02 Å². The van der Waals surface area contributed by atoms with Crippen LogP contribution in [0, 0.1) is 24.1 Å². The van der Waals surface area contributed by atoms with Crippen molar-refractivity contribution in [1.29, 1.82) is 5.26 Å². The van der Waals surface area contributed by atoms with Crippen LogP contribution < -0.4 is 10.1 Å². The highest BCUT2D eigenvalue weighted by molar-refractivity contribution is 6.31. The second-order valence-electron chi connectivity index (χ2n) is 7.98. The minimum Gasteiger partial charge on any atom is -0.493 e. The number of nitriles is 1. The summed E-state index contributed by atoms with van der Waals surface area (Å²) in [7, 11) is 1.99. The molecular formula is C25H24ClFN4O. The van der Waals surface area contributed by atoms with Crippen LogP contribution in [0.2, 0.25) is 5.02 Å². The Balaban J connectivity index is 1.90. The first kappa shape index (κ1) is 22.1. The molecule has 164 valence electrons. The normalized spacial score (nSPS) is 16.1. The second kappa shape index (κ2) is 9.56. The Labute approximate surface area is 192 Å². The summed E-state index contributed by atoms with van der Waals surface area (Å²) in [4.78, 5) is 6.58. The zero-order valence-electron chi connectivity index (χ0n) is 18.1. The number of pyridine rings is 1. The van der Waals surface area contributed by atoms with Crippen LogP contribution in [-0.4, -0.2) is 30.1 Å². The second-order valence-corrected chi connectivity index (χ2v) is 8.38. The number of aromatic nitrogens is 1. The lowest BCUT2D eigenvalue weighted by molar-refractivity contribution is 0.322. The number of nitrogens with one attached hydrogen (secondary N) is 1. The summed E-state index contributed by atoms with van der Waals surface area (Å²) in [5, 5.41) is 13.9. The lowest BCUT2D eigenvalue weighted by atomic mass is 10.1. The van der Waals surface area contributed by atoms with Gasteiger partial charge in [-0.3, -0.25) is 4.98 Å². The molecule has 1 aliphatic heterocycles. The molecule has 32 heavy (non-hydrogen) atoms.